The maximum Gasteiger partial charge on any atom is 0.344 e. The second-order valence-corrected chi connectivity index (χ2v) is 6.31. The molecule has 0 aliphatic carbocycles. The third-order valence-corrected chi connectivity index (χ3v) is 3.58. The Bertz CT molecular complexity index is 547. The number of hydrogen-bond acceptors (Lipinski definition) is 6. The Morgan fingerprint density at radius 2 is 1.83 bits per heavy atom. The molecule has 0 spiro atoms. The zero-order valence-corrected chi connectivity index (χ0v) is 14.9. The van der Waals surface area contributed by atoms with Crippen molar-refractivity contribution in [1.82, 2.24) is 5.32 Å². The van der Waals surface area contributed by atoms with Gasteiger partial charge in [0.15, 0.2) is 6.61 Å². The van der Waals surface area contributed by atoms with Crippen molar-refractivity contribution in [2.75, 3.05) is 18.6 Å². The summed E-state index contributed by atoms with van der Waals surface area (Å²) in [6.07, 6.45) is 2.04. The van der Waals surface area contributed by atoms with Gasteiger partial charge in [-0.2, -0.15) is 11.8 Å². The van der Waals surface area contributed by atoms with Crippen molar-refractivity contribution < 1.29 is 23.9 Å². The molecule has 0 radical (unpaired) electrons. The van der Waals surface area contributed by atoms with Gasteiger partial charge in [0.05, 0.1) is 6.10 Å². The number of ether oxygens (including phenoxy) is 2. The van der Waals surface area contributed by atoms with Gasteiger partial charge in [-0.25, -0.2) is 9.59 Å². The van der Waals surface area contributed by atoms with Crippen LogP contribution in [0.15, 0.2) is 30.3 Å². The van der Waals surface area contributed by atoms with Crippen molar-refractivity contribution in [1.29, 1.82) is 0 Å². The summed E-state index contributed by atoms with van der Waals surface area (Å²) < 4.78 is 9.87. The molecule has 0 aromatic heterocycles. The van der Waals surface area contributed by atoms with Crippen molar-refractivity contribution in [3.05, 3.63) is 35.9 Å². The molecule has 1 amide bonds. The van der Waals surface area contributed by atoms with Gasteiger partial charge in [0.1, 0.15) is 6.04 Å². The second-order valence-electron chi connectivity index (χ2n) is 5.32. The van der Waals surface area contributed by atoms with Crippen LogP contribution in [0.4, 0.5) is 0 Å². The van der Waals surface area contributed by atoms with Gasteiger partial charge in [-0.15, -0.1) is 0 Å². The predicted molar refractivity (Wildman–Crippen MR) is 92.9 cm³/mol. The summed E-state index contributed by atoms with van der Waals surface area (Å²) in [5.41, 5.74) is 0.457. The van der Waals surface area contributed by atoms with Crippen molar-refractivity contribution in [3.63, 3.8) is 0 Å². The first-order valence-corrected chi connectivity index (χ1v) is 9.04. The Balaban J connectivity index is 2.61. The van der Waals surface area contributed by atoms with Crippen molar-refractivity contribution in [2.45, 2.75) is 32.4 Å². The Morgan fingerprint density at radius 3 is 2.42 bits per heavy atom. The molecule has 7 heteroatoms. The van der Waals surface area contributed by atoms with Crippen molar-refractivity contribution in [2.24, 2.45) is 0 Å². The lowest BCUT2D eigenvalue weighted by atomic mass is 10.1. The van der Waals surface area contributed by atoms with Crippen LogP contribution in [0.25, 0.3) is 0 Å². The van der Waals surface area contributed by atoms with Crippen LogP contribution >= 0.6 is 11.8 Å². The first-order valence-electron chi connectivity index (χ1n) is 7.65. The third-order valence-electron chi connectivity index (χ3n) is 2.94. The molecule has 1 atom stereocenters. The van der Waals surface area contributed by atoms with Crippen LogP contribution in [-0.4, -0.2) is 48.6 Å². The summed E-state index contributed by atoms with van der Waals surface area (Å²) in [4.78, 5) is 35.8. The molecule has 0 heterocycles. The zero-order valence-electron chi connectivity index (χ0n) is 14.1. The molecule has 24 heavy (non-hydrogen) atoms. The van der Waals surface area contributed by atoms with Crippen LogP contribution in [0.1, 0.15) is 30.6 Å². The highest BCUT2D eigenvalue weighted by Crippen LogP contribution is 2.06. The summed E-state index contributed by atoms with van der Waals surface area (Å²) >= 11 is 1.55. The molecule has 1 rings (SSSR count). The van der Waals surface area contributed by atoms with Gasteiger partial charge in [0.2, 0.25) is 0 Å². The highest BCUT2D eigenvalue weighted by atomic mass is 32.2. The molecule has 0 aliphatic heterocycles. The average Bonchev–Trinajstić information content (AvgIpc) is 2.56. The van der Waals surface area contributed by atoms with Crippen LogP contribution in [0, 0.1) is 0 Å². The Labute approximate surface area is 146 Å². The Hall–Kier alpha value is -2.02. The standard InChI is InChI=1S/C17H23NO5S/c1-12(2)23-15(19)11-22-17(21)14(9-10-24-3)18-16(20)13-7-5-4-6-8-13/h4-8,12,14H,9-11H2,1-3H3,(H,18,20)/t14-/m0/s1. The van der Waals surface area contributed by atoms with E-state index >= 15 is 0 Å². The molecule has 1 aromatic carbocycles. The number of carbonyl (C=O) groups is 3. The van der Waals surface area contributed by atoms with E-state index in [4.69, 9.17) is 9.47 Å². The van der Waals surface area contributed by atoms with Gasteiger partial charge in [-0.1, -0.05) is 18.2 Å². The highest BCUT2D eigenvalue weighted by Gasteiger charge is 2.23. The SMILES string of the molecule is CSCC[C@H](NC(=O)c1ccccc1)C(=O)OCC(=O)OC(C)C. The fourth-order valence-corrected chi connectivity index (χ4v) is 2.31. The average molecular weight is 353 g/mol. The number of carbonyl (C=O) groups excluding carboxylic acids is 3. The summed E-state index contributed by atoms with van der Waals surface area (Å²) in [5.74, 6) is -0.945. The van der Waals surface area contributed by atoms with E-state index < -0.39 is 24.6 Å². The van der Waals surface area contributed by atoms with Gasteiger partial charge in [-0.3, -0.25) is 4.79 Å². The van der Waals surface area contributed by atoms with E-state index in [1.807, 2.05) is 6.26 Å². The van der Waals surface area contributed by atoms with Gasteiger partial charge in [-0.05, 0) is 44.4 Å². The number of hydrogen-bond donors (Lipinski definition) is 1. The van der Waals surface area contributed by atoms with Gasteiger partial charge in [0, 0.05) is 5.56 Å². The van der Waals surface area contributed by atoms with Gasteiger partial charge >= 0.3 is 11.9 Å². The number of amides is 1. The fraction of sp³-hybridized carbons (Fsp3) is 0.471. The Morgan fingerprint density at radius 1 is 1.17 bits per heavy atom. The molecular formula is C17H23NO5S. The monoisotopic (exact) mass is 353 g/mol. The van der Waals surface area contributed by atoms with E-state index in [1.165, 1.54) is 0 Å². The lowest BCUT2D eigenvalue weighted by Gasteiger charge is -2.17. The fourth-order valence-electron chi connectivity index (χ4n) is 1.84. The minimum atomic E-state index is -0.808. The predicted octanol–water partition coefficient (Wildman–Crippen LogP) is 2.03. The maximum atomic E-state index is 12.2. The second kappa shape index (κ2) is 10.7. The van der Waals surface area contributed by atoms with E-state index in [9.17, 15) is 14.4 Å². The molecule has 0 fully saturated rings. The quantitative estimate of drug-likeness (QED) is 0.684. The Kier molecular flexibility index (Phi) is 8.93. The first kappa shape index (κ1) is 20.0. The third kappa shape index (κ3) is 7.50. The molecule has 0 bridgehead atoms. The summed E-state index contributed by atoms with van der Waals surface area (Å²) in [6.45, 7) is 2.95. The molecular weight excluding hydrogens is 330 g/mol. The number of rotatable bonds is 9. The minimum absolute atomic E-state index is 0.277. The summed E-state index contributed by atoms with van der Waals surface area (Å²) in [6, 6.07) is 7.80. The smallest absolute Gasteiger partial charge is 0.344 e. The molecule has 1 N–H and O–H groups in total. The topological polar surface area (TPSA) is 81.7 Å². The van der Waals surface area contributed by atoms with Crippen LogP contribution in [-0.2, 0) is 19.1 Å². The maximum absolute atomic E-state index is 12.2. The van der Waals surface area contributed by atoms with E-state index in [-0.39, 0.29) is 12.0 Å². The number of benzene rings is 1. The molecule has 0 aliphatic rings. The summed E-state index contributed by atoms with van der Waals surface area (Å²) in [5, 5.41) is 2.65. The first-order chi connectivity index (χ1) is 11.4. The number of thioether (sulfide) groups is 1. The van der Waals surface area contributed by atoms with Crippen molar-refractivity contribution >= 4 is 29.6 Å². The van der Waals surface area contributed by atoms with Gasteiger partial charge < -0.3 is 14.8 Å². The summed E-state index contributed by atoms with van der Waals surface area (Å²) in [7, 11) is 0. The van der Waals surface area contributed by atoms with Crippen LogP contribution in [0.5, 0.6) is 0 Å². The largest absolute Gasteiger partial charge is 0.460 e. The lowest BCUT2D eigenvalue weighted by Crippen LogP contribution is -2.42. The highest BCUT2D eigenvalue weighted by molar-refractivity contribution is 7.98. The minimum Gasteiger partial charge on any atom is -0.460 e. The van der Waals surface area contributed by atoms with E-state index in [1.54, 1.807) is 55.9 Å². The molecule has 0 unspecified atom stereocenters. The van der Waals surface area contributed by atoms with Crippen LogP contribution < -0.4 is 5.32 Å². The number of esters is 2. The van der Waals surface area contributed by atoms with Crippen LogP contribution in [0.3, 0.4) is 0 Å². The molecule has 0 saturated heterocycles. The molecule has 1 aromatic rings. The normalized spacial score (nSPS) is 11.7. The van der Waals surface area contributed by atoms with E-state index in [0.29, 0.717) is 17.7 Å². The molecule has 0 saturated carbocycles. The van der Waals surface area contributed by atoms with E-state index in [2.05, 4.69) is 5.32 Å². The zero-order chi connectivity index (χ0) is 17.9. The van der Waals surface area contributed by atoms with Gasteiger partial charge in [0.25, 0.3) is 5.91 Å². The number of nitrogens with one attached hydrogen (secondary N) is 1. The van der Waals surface area contributed by atoms with E-state index in [0.717, 1.165) is 0 Å². The van der Waals surface area contributed by atoms with Crippen LogP contribution in [0.2, 0.25) is 0 Å². The molecule has 132 valence electrons. The van der Waals surface area contributed by atoms with Crippen molar-refractivity contribution in [3.8, 4) is 0 Å². The molecule has 6 nitrogen and oxygen atoms in total. The lowest BCUT2D eigenvalue weighted by molar-refractivity contribution is -0.162.